The highest BCUT2D eigenvalue weighted by atomic mass is 16.4. The summed E-state index contributed by atoms with van der Waals surface area (Å²) in [6.07, 6.45) is -1.02. The van der Waals surface area contributed by atoms with Crippen molar-refractivity contribution in [3.63, 3.8) is 0 Å². The fourth-order valence-electron chi connectivity index (χ4n) is 3.35. The molecule has 9 N–H and O–H groups in total. The first kappa shape index (κ1) is 30.5. The molecule has 0 radical (unpaired) electrons. The predicted molar refractivity (Wildman–Crippen MR) is 131 cm³/mol. The Morgan fingerprint density at radius 1 is 0.917 bits per heavy atom. The highest BCUT2D eigenvalue weighted by molar-refractivity contribution is 5.94. The molecule has 0 aliphatic carbocycles. The van der Waals surface area contributed by atoms with E-state index in [0.717, 1.165) is 0 Å². The lowest BCUT2D eigenvalue weighted by molar-refractivity contribution is -0.142. The highest BCUT2D eigenvalue weighted by Crippen LogP contribution is 2.11. The van der Waals surface area contributed by atoms with Gasteiger partial charge in [0.15, 0.2) is 0 Å². The topological polar surface area (TPSA) is 214 Å². The Bertz CT molecular complexity index is 909. The molecule has 0 spiro atoms. The number of carbonyl (C=O) groups excluding carboxylic acids is 4. The number of carboxylic acid groups (broad SMARTS) is 1. The van der Waals surface area contributed by atoms with Gasteiger partial charge in [-0.3, -0.25) is 19.2 Å². The lowest BCUT2D eigenvalue weighted by Crippen LogP contribution is -2.61. The monoisotopic (exact) mass is 507 g/mol. The number of primary amides is 1. The number of aliphatic carboxylic acids is 1. The summed E-state index contributed by atoms with van der Waals surface area (Å²) in [5.41, 5.74) is 11.5. The second kappa shape index (κ2) is 14.8. The van der Waals surface area contributed by atoms with Crippen molar-refractivity contribution in [1.29, 1.82) is 0 Å². The molecule has 12 nitrogen and oxygen atoms in total. The van der Waals surface area contributed by atoms with Gasteiger partial charge >= 0.3 is 5.97 Å². The number of nitrogens with one attached hydrogen (secondary N) is 3. The molecule has 12 heteroatoms. The maximum Gasteiger partial charge on any atom is 0.326 e. The Kier molecular flexibility index (Phi) is 12.5. The van der Waals surface area contributed by atoms with Crippen LogP contribution < -0.4 is 27.4 Å². The van der Waals surface area contributed by atoms with Crippen LogP contribution in [0.25, 0.3) is 0 Å². The number of hydrogen-bond donors (Lipinski definition) is 7. The maximum absolute atomic E-state index is 13.1. The second-order valence-corrected chi connectivity index (χ2v) is 8.80. The van der Waals surface area contributed by atoms with E-state index >= 15 is 0 Å². The number of nitrogens with two attached hydrogens (primary N) is 2. The molecule has 6 unspecified atom stereocenters. The Hall–Kier alpha value is -3.51. The molecule has 0 fully saturated rings. The van der Waals surface area contributed by atoms with Crippen molar-refractivity contribution in [2.45, 2.75) is 76.7 Å². The molecular weight excluding hydrogens is 470 g/mol. The molecule has 0 aromatic heterocycles. The van der Waals surface area contributed by atoms with Gasteiger partial charge < -0.3 is 37.6 Å². The van der Waals surface area contributed by atoms with Crippen LogP contribution >= 0.6 is 0 Å². The van der Waals surface area contributed by atoms with E-state index in [4.69, 9.17) is 11.5 Å². The van der Waals surface area contributed by atoms with Gasteiger partial charge in [-0.2, -0.15) is 0 Å². The summed E-state index contributed by atoms with van der Waals surface area (Å²) in [5.74, 6) is -4.62. The molecule has 36 heavy (non-hydrogen) atoms. The van der Waals surface area contributed by atoms with E-state index in [1.54, 1.807) is 44.2 Å². The number of aliphatic hydroxyl groups is 1. The molecule has 1 aromatic carbocycles. The van der Waals surface area contributed by atoms with Crippen LogP contribution in [0.1, 0.15) is 45.6 Å². The molecule has 200 valence electrons. The van der Waals surface area contributed by atoms with Gasteiger partial charge in [0.2, 0.25) is 23.6 Å². The molecule has 1 aromatic rings. The average molecular weight is 508 g/mol. The summed E-state index contributed by atoms with van der Waals surface area (Å²) in [6.45, 7) is 4.77. The van der Waals surface area contributed by atoms with Crippen LogP contribution in [0.4, 0.5) is 0 Å². The number of rotatable bonds is 15. The molecule has 6 atom stereocenters. The minimum atomic E-state index is -1.45. The zero-order valence-electron chi connectivity index (χ0n) is 20.8. The number of carbonyl (C=O) groups is 5. The zero-order valence-corrected chi connectivity index (χ0v) is 20.8. The SMILES string of the molecule is CCC(C)C(NC(=O)C(NC(=O)C(N)CCC(N)=O)C(C)O)C(=O)NC(Cc1ccccc1)C(=O)O. The third-order valence-electron chi connectivity index (χ3n) is 5.79. The Labute approximate surface area is 210 Å². The van der Waals surface area contributed by atoms with Crippen molar-refractivity contribution in [3.05, 3.63) is 35.9 Å². The van der Waals surface area contributed by atoms with Gasteiger partial charge in [-0.05, 0) is 24.8 Å². The first-order chi connectivity index (χ1) is 16.9. The van der Waals surface area contributed by atoms with Gasteiger partial charge in [-0.25, -0.2) is 4.79 Å². The first-order valence-electron chi connectivity index (χ1n) is 11.8. The van der Waals surface area contributed by atoms with Gasteiger partial charge in [-0.1, -0.05) is 50.6 Å². The standard InChI is InChI=1S/C24H37N5O7/c1-4-13(2)19(22(33)27-17(24(35)36)12-15-8-6-5-7-9-15)28-23(34)20(14(3)30)29-21(32)16(25)10-11-18(26)31/h5-9,13-14,16-17,19-20,30H,4,10-12,25H2,1-3H3,(H2,26,31)(H,27,33)(H,28,34)(H,29,32)(H,35,36). The molecule has 1 rings (SSSR count). The predicted octanol–water partition coefficient (Wildman–Crippen LogP) is -1.21. The number of carboxylic acids is 1. The van der Waals surface area contributed by atoms with E-state index in [0.29, 0.717) is 12.0 Å². The summed E-state index contributed by atoms with van der Waals surface area (Å²) < 4.78 is 0. The first-order valence-corrected chi connectivity index (χ1v) is 11.8. The number of hydrogen-bond acceptors (Lipinski definition) is 7. The van der Waals surface area contributed by atoms with Crippen molar-refractivity contribution in [3.8, 4) is 0 Å². The van der Waals surface area contributed by atoms with Gasteiger partial charge in [0, 0.05) is 12.8 Å². The molecule has 4 amide bonds. The Morgan fingerprint density at radius 3 is 1.97 bits per heavy atom. The zero-order chi connectivity index (χ0) is 27.4. The molecule has 0 aliphatic rings. The summed E-state index contributed by atoms with van der Waals surface area (Å²) in [7, 11) is 0. The van der Waals surface area contributed by atoms with Gasteiger partial charge in [-0.15, -0.1) is 0 Å². The lowest BCUT2D eigenvalue weighted by atomic mass is 9.96. The van der Waals surface area contributed by atoms with Crippen molar-refractivity contribution in [2.24, 2.45) is 17.4 Å². The third-order valence-corrected chi connectivity index (χ3v) is 5.79. The molecule has 0 saturated heterocycles. The van der Waals surface area contributed by atoms with Crippen molar-refractivity contribution < 1.29 is 34.2 Å². The summed E-state index contributed by atoms with van der Waals surface area (Å²) >= 11 is 0. The average Bonchev–Trinajstić information content (AvgIpc) is 2.83. The largest absolute Gasteiger partial charge is 0.480 e. The maximum atomic E-state index is 13.1. The van der Waals surface area contributed by atoms with Crippen molar-refractivity contribution in [2.75, 3.05) is 0 Å². The minimum absolute atomic E-state index is 0.0403. The van der Waals surface area contributed by atoms with E-state index in [9.17, 15) is 34.2 Å². The van der Waals surface area contributed by atoms with Crippen LogP contribution in [0, 0.1) is 5.92 Å². The van der Waals surface area contributed by atoms with E-state index in [1.165, 1.54) is 6.92 Å². The van der Waals surface area contributed by atoms with Crippen LogP contribution in [0.2, 0.25) is 0 Å². The van der Waals surface area contributed by atoms with E-state index in [2.05, 4.69) is 16.0 Å². The molecule has 0 bridgehead atoms. The second-order valence-electron chi connectivity index (χ2n) is 8.80. The Balaban J connectivity index is 2.97. The highest BCUT2D eigenvalue weighted by Gasteiger charge is 2.34. The fraction of sp³-hybridized carbons (Fsp3) is 0.542. The van der Waals surface area contributed by atoms with Crippen LogP contribution in [0.5, 0.6) is 0 Å². The van der Waals surface area contributed by atoms with E-state index < -0.39 is 65.8 Å². The van der Waals surface area contributed by atoms with Crippen molar-refractivity contribution in [1.82, 2.24) is 16.0 Å². The normalized spacial score (nSPS) is 15.9. The van der Waals surface area contributed by atoms with Gasteiger partial charge in [0.05, 0.1) is 12.1 Å². The van der Waals surface area contributed by atoms with Crippen LogP contribution in [0.3, 0.4) is 0 Å². The van der Waals surface area contributed by atoms with Crippen LogP contribution in [-0.2, 0) is 30.4 Å². The Morgan fingerprint density at radius 2 is 1.47 bits per heavy atom. The molecule has 0 aliphatic heterocycles. The number of aliphatic hydroxyl groups excluding tert-OH is 1. The van der Waals surface area contributed by atoms with E-state index in [1.807, 2.05) is 0 Å². The third kappa shape index (κ3) is 10.0. The van der Waals surface area contributed by atoms with Crippen molar-refractivity contribution >= 4 is 29.6 Å². The molecular formula is C24H37N5O7. The molecule has 0 heterocycles. The smallest absolute Gasteiger partial charge is 0.326 e. The molecule has 0 saturated carbocycles. The fourth-order valence-corrected chi connectivity index (χ4v) is 3.35. The number of amides is 4. The summed E-state index contributed by atoms with van der Waals surface area (Å²) in [5, 5.41) is 27.0. The van der Waals surface area contributed by atoms with Gasteiger partial charge in [0.25, 0.3) is 0 Å². The lowest BCUT2D eigenvalue weighted by Gasteiger charge is -2.29. The quantitative estimate of drug-likeness (QED) is 0.152. The number of benzene rings is 1. The van der Waals surface area contributed by atoms with Crippen LogP contribution in [-0.4, -0.2) is 70.1 Å². The van der Waals surface area contributed by atoms with E-state index in [-0.39, 0.29) is 19.3 Å². The minimum Gasteiger partial charge on any atom is -0.480 e. The van der Waals surface area contributed by atoms with Gasteiger partial charge in [0.1, 0.15) is 18.1 Å². The summed E-state index contributed by atoms with van der Waals surface area (Å²) in [4.78, 5) is 61.1. The van der Waals surface area contributed by atoms with Crippen LogP contribution in [0.15, 0.2) is 30.3 Å². The summed E-state index contributed by atoms with van der Waals surface area (Å²) in [6, 6.07) is 3.80.